The third-order valence-electron chi connectivity index (χ3n) is 1.84. The van der Waals surface area contributed by atoms with Gasteiger partial charge in [0.05, 0.1) is 25.9 Å². The van der Waals surface area contributed by atoms with E-state index in [2.05, 4.69) is 5.32 Å². The van der Waals surface area contributed by atoms with Crippen molar-refractivity contribution in [1.82, 2.24) is 5.32 Å². The Hall–Kier alpha value is -0.410. The first-order valence-corrected chi connectivity index (χ1v) is 5.08. The molecule has 17 heavy (non-hydrogen) atoms. The normalized spacial score (nSPS) is 15.9. The second kappa shape index (κ2) is 8.65. The van der Waals surface area contributed by atoms with Crippen molar-refractivity contribution in [3.05, 3.63) is 0 Å². The van der Waals surface area contributed by atoms with E-state index in [9.17, 15) is 18.3 Å². The Morgan fingerprint density at radius 2 is 1.82 bits per heavy atom. The molecule has 0 aliphatic rings. The van der Waals surface area contributed by atoms with Crippen molar-refractivity contribution in [2.45, 2.75) is 18.4 Å². The molecule has 0 spiro atoms. The third-order valence-corrected chi connectivity index (χ3v) is 1.84. The van der Waals surface area contributed by atoms with Gasteiger partial charge in [-0.15, -0.1) is 0 Å². The van der Waals surface area contributed by atoms with E-state index in [4.69, 9.17) is 14.6 Å². The fourth-order valence-corrected chi connectivity index (χ4v) is 0.923. The van der Waals surface area contributed by atoms with Gasteiger partial charge in [0, 0.05) is 20.2 Å². The summed E-state index contributed by atoms with van der Waals surface area (Å²) in [5.74, 6) is 0. The van der Waals surface area contributed by atoms with Crippen LogP contribution in [-0.4, -0.2) is 68.6 Å². The second-order valence-electron chi connectivity index (χ2n) is 3.44. The number of rotatable bonds is 9. The van der Waals surface area contributed by atoms with Gasteiger partial charge in [-0.25, -0.2) is 0 Å². The summed E-state index contributed by atoms with van der Waals surface area (Å²) in [5, 5.41) is 20.2. The van der Waals surface area contributed by atoms with Gasteiger partial charge in [0.1, 0.15) is 0 Å². The van der Waals surface area contributed by atoms with Gasteiger partial charge < -0.3 is 25.0 Å². The topological polar surface area (TPSA) is 71.0 Å². The number of methoxy groups -OCH3 is 1. The van der Waals surface area contributed by atoms with Gasteiger partial charge in [0.15, 0.2) is 6.10 Å². The summed E-state index contributed by atoms with van der Waals surface area (Å²) in [6.07, 6.45) is -8.00. The van der Waals surface area contributed by atoms with Crippen LogP contribution in [0.15, 0.2) is 0 Å². The zero-order valence-electron chi connectivity index (χ0n) is 9.54. The number of ether oxygens (including phenoxy) is 2. The van der Waals surface area contributed by atoms with Crippen LogP contribution >= 0.6 is 0 Å². The number of hydrogen-bond acceptors (Lipinski definition) is 5. The van der Waals surface area contributed by atoms with E-state index >= 15 is 0 Å². The lowest BCUT2D eigenvalue weighted by atomic mass is 10.3. The maximum atomic E-state index is 11.9. The molecule has 0 aliphatic carbocycles. The van der Waals surface area contributed by atoms with Crippen molar-refractivity contribution in [3.8, 4) is 0 Å². The lowest BCUT2D eigenvalue weighted by Crippen LogP contribution is -2.41. The van der Waals surface area contributed by atoms with Crippen molar-refractivity contribution in [2.24, 2.45) is 0 Å². The Bertz CT molecular complexity index is 192. The molecule has 0 rings (SSSR count). The fourth-order valence-electron chi connectivity index (χ4n) is 0.923. The molecule has 8 heteroatoms. The molecule has 0 saturated heterocycles. The predicted octanol–water partition coefficient (Wildman–Crippen LogP) is -0.477. The first kappa shape index (κ1) is 16.6. The minimum absolute atomic E-state index is 0.00151. The number of alkyl halides is 3. The summed E-state index contributed by atoms with van der Waals surface area (Å²) in [6, 6.07) is 0. The SMILES string of the molecule is COCCOCC(O)CNCC(O)C(F)(F)F. The fraction of sp³-hybridized carbons (Fsp3) is 1.00. The zero-order chi connectivity index (χ0) is 13.3. The summed E-state index contributed by atoms with van der Waals surface area (Å²) >= 11 is 0. The molecule has 0 fully saturated rings. The van der Waals surface area contributed by atoms with E-state index in [1.54, 1.807) is 0 Å². The molecule has 0 radical (unpaired) electrons. The summed E-state index contributed by atoms with van der Waals surface area (Å²) in [4.78, 5) is 0. The minimum atomic E-state index is -4.65. The van der Waals surface area contributed by atoms with Crippen molar-refractivity contribution in [3.63, 3.8) is 0 Å². The van der Waals surface area contributed by atoms with Crippen molar-refractivity contribution < 1.29 is 32.9 Å². The molecule has 0 amide bonds. The van der Waals surface area contributed by atoms with Gasteiger partial charge in [-0.05, 0) is 0 Å². The van der Waals surface area contributed by atoms with Crippen LogP contribution in [0, 0.1) is 0 Å². The number of halogens is 3. The van der Waals surface area contributed by atoms with Gasteiger partial charge in [-0.1, -0.05) is 0 Å². The molecular formula is C9H18F3NO4. The summed E-state index contributed by atoms with van der Waals surface area (Å²) in [6.45, 7) is -0.0527. The summed E-state index contributed by atoms with van der Waals surface area (Å²) in [5.41, 5.74) is 0. The summed E-state index contributed by atoms with van der Waals surface area (Å²) in [7, 11) is 1.50. The molecule has 0 heterocycles. The van der Waals surface area contributed by atoms with Gasteiger partial charge >= 0.3 is 6.18 Å². The van der Waals surface area contributed by atoms with Crippen molar-refractivity contribution in [2.75, 3.05) is 40.0 Å². The molecule has 2 atom stereocenters. The first-order valence-electron chi connectivity index (χ1n) is 5.08. The standard InChI is InChI=1S/C9H18F3NO4/c1-16-2-3-17-6-7(14)4-13-5-8(15)9(10,11)12/h7-8,13-15H,2-6H2,1H3. The maximum Gasteiger partial charge on any atom is 0.415 e. The first-order chi connectivity index (χ1) is 7.88. The maximum absolute atomic E-state index is 11.9. The third kappa shape index (κ3) is 9.31. The van der Waals surface area contributed by atoms with Crippen LogP contribution in [0.5, 0.6) is 0 Å². The van der Waals surface area contributed by atoms with Gasteiger partial charge in [0.25, 0.3) is 0 Å². The zero-order valence-corrected chi connectivity index (χ0v) is 9.54. The molecule has 0 aromatic rings. The Balaban J connectivity index is 3.48. The molecule has 0 aromatic heterocycles. The van der Waals surface area contributed by atoms with E-state index in [1.165, 1.54) is 7.11 Å². The van der Waals surface area contributed by atoms with Crippen LogP contribution in [0.25, 0.3) is 0 Å². The second-order valence-corrected chi connectivity index (χ2v) is 3.44. The molecule has 5 nitrogen and oxygen atoms in total. The number of hydrogen-bond donors (Lipinski definition) is 3. The Kier molecular flexibility index (Phi) is 8.44. The molecule has 0 bridgehead atoms. The number of nitrogens with one attached hydrogen (secondary N) is 1. The van der Waals surface area contributed by atoms with Crippen LogP contribution in [0.3, 0.4) is 0 Å². The van der Waals surface area contributed by atoms with Crippen LogP contribution in [-0.2, 0) is 9.47 Å². The minimum Gasteiger partial charge on any atom is -0.389 e. The quantitative estimate of drug-likeness (QED) is 0.489. The Labute approximate surface area is 97.5 Å². The van der Waals surface area contributed by atoms with E-state index in [0.29, 0.717) is 13.2 Å². The van der Waals surface area contributed by atoms with Gasteiger partial charge in [-0.3, -0.25) is 0 Å². The average molecular weight is 261 g/mol. The highest BCUT2D eigenvalue weighted by molar-refractivity contribution is 4.69. The van der Waals surface area contributed by atoms with Crippen molar-refractivity contribution >= 4 is 0 Å². The predicted molar refractivity (Wildman–Crippen MR) is 53.6 cm³/mol. The molecular weight excluding hydrogens is 243 g/mol. The van der Waals surface area contributed by atoms with Crippen LogP contribution in [0.4, 0.5) is 13.2 Å². The number of aliphatic hydroxyl groups is 2. The van der Waals surface area contributed by atoms with Gasteiger partial charge in [0.2, 0.25) is 0 Å². The highest BCUT2D eigenvalue weighted by Gasteiger charge is 2.37. The summed E-state index contributed by atoms with van der Waals surface area (Å²) < 4.78 is 45.3. The van der Waals surface area contributed by atoms with E-state index in [1.807, 2.05) is 0 Å². The Morgan fingerprint density at radius 1 is 1.18 bits per heavy atom. The highest BCUT2D eigenvalue weighted by atomic mass is 19.4. The molecule has 3 N–H and O–H groups in total. The van der Waals surface area contributed by atoms with Crippen molar-refractivity contribution in [1.29, 1.82) is 0 Å². The monoisotopic (exact) mass is 261 g/mol. The molecule has 0 aliphatic heterocycles. The van der Waals surface area contributed by atoms with E-state index in [-0.39, 0.29) is 13.2 Å². The number of aliphatic hydroxyl groups excluding tert-OH is 2. The average Bonchev–Trinajstić information content (AvgIpc) is 2.23. The van der Waals surface area contributed by atoms with E-state index < -0.39 is 24.9 Å². The largest absolute Gasteiger partial charge is 0.415 e. The van der Waals surface area contributed by atoms with E-state index in [0.717, 1.165) is 0 Å². The van der Waals surface area contributed by atoms with Crippen LogP contribution in [0.2, 0.25) is 0 Å². The smallest absolute Gasteiger partial charge is 0.389 e. The molecule has 0 saturated carbocycles. The van der Waals surface area contributed by atoms with Crippen LogP contribution < -0.4 is 5.32 Å². The Morgan fingerprint density at radius 3 is 2.35 bits per heavy atom. The highest BCUT2D eigenvalue weighted by Crippen LogP contribution is 2.18. The molecule has 0 aromatic carbocycles. The molecule has 2 unspecified atom stereocenters. The van der Waals surface area contributed by atoms with Crippen LogP contribution in [0.1, 0.15) is 0 Å². The lowest BCUT2D eigenvalue weighted by molar-refractivity contribution is -0.202. The lowest BCUT2D eigenvalue weighted by Gasteiger charge is -2.17. The van der Waals surface area contributed by atoms with Gasteiger partial charge in [-0.2, -0.15) is 13.2 Å². The molecule has 104 valence electrons.